The smallest absolute Gasteiger partial charge is 0.240 e. The summed E-state index contributed by atoms with van der Waals surface area (Å²) in [6.45, 7) is 0. The van der Waals surface area contributed by atoms with E-state index in [9.17, 15) is 4.79 Å². The molecule has 4 heteroatoms. The third-order valence-corrected chi connectivity index (χ3v) is 3.50. The van der Waals surface area contributed by atoms with Crippen LogP contribution in [-0.2, 0) is 11.2 Å². The van der Waals surface area contributed by atoms with Crippen molar-refractivity contribution in [2.45, 2.75) is 12.8 Å². The molecule has 0 aliphatic carbocycles. The number of amides is 1. The molecule has 4 nitrogen and oxygen atoms in total. The number of hydrogen-bond donors (Lipinski definition) is 2. The van der Waals surface area contributed by atoms with E-state index < -0.39 is 0 Å². The van der Waals surface area contributed by atoms with Gasteiger partial charge in [0.1, 0.15) is 0 Å². The number of benzene rings is 2. The number of hydrazone groups is 1. The molecule has 0 unspecified atom stereocenters. The minimum Gasteiger partial charge on any atom is -0.361 e. The Balaban J connectivity index is 1.54. The number of carbonyl (C=O) groups excluding carboxylic acids is 1. The predicted molar refractivity (Wildman–Crippen MR) is 88.8 cm³/mol. The van der Waals surface area contributed by atoms with Crippen molar-refractivity contribution in [3.63, 3.8) is 0 Å². The van der Waals surface area contributed by atoms with E-state index in [0.717, 1.165) is 28.5 Å². The van der Waals surface area contributed by atoms with Gasteiger partial charge in [-0.05, 0) is 18.1 Å². The van der Waals surface area contributed by atoms with Crippen molar-refractivity contribution in [1.82, 2.24) is 10.4 Å². The molecule has 0 saturated carbocycles. The van der Waals surface area contributed by atoms with Crippen LogP contribution in [0.2, 0.25) is 0 Å². The Labute approximate surface area is 128 Å². The van der Waals surface area contributed by atoms with Crippen LogP contribution in [0.4, 0.5) is 0 Å². The number of nitrogens with one attached hydrogen (secondary N) is 2. The number of hydrogen-bond acceptors (Lipinski definition) is 2. The van der Waals surface area contributed by atoms with Gasteiger partial charge in [0, 0.05) is 29.1 Å². The first-order valence-corrected chi connectivity index (χ1v) is 7.25. The van der Waals surface area contributed by atoms with Gasteiger partial charge in [-0.1, -0.05) is 48.5 Å². The molecule has 0 aliphatic heterocycles. The molecule has 0 aliphatic rings. The van der Waals surface area contributed by atoms with Gasteiger partial charge in [-0.2, -0.15) is 5.10 Å². The number of carbonyl (C=O) groups is 1. The second kappa shape index (κ2) is 6.72. The largest absolute Gasteiger partial charge is 0.361 e. The molecule has 1 amide bonds. The van der Waals surface area contributed by atoms with E-state index in [1.54, 1.807) is 6.21 Å². The van der Waals surface area contributed by atoms with E-state index >= 15 is 0 Å². The van der Waals surface area contributed by atoms with Crippen LogP contribution in [0.25, 0.3) is 10.9 Å². The SMILES string of the molecule is O=C(CCc1ccccc1)NN=Cc1c[nH]c2ccccc12. The predicted octanol–water partition coefficient (Wildman–Crippen LogP) is 3.25. The average Bonchev–Trinajstić information content (AvgIpc) is 2.97. The van der Waals surface area contributed by atoms with Gasteiger partial charge >= 0.3 is 0 Å². The molecule has 0 fully saturated rings. The molecule has 0 bridgehead atoms. The summed E-state index contributed by atoms with van der Waals surface area (Å²) >= 11 is 0. The van der Waals surface area contributed by atoms with Gasteiger partial charge in [0.05, 0.1) is 6.21 Å². The highest BCUT2D eigenvalue weighted by molar-refractivity contribution is 5.99. The first-order chi connectivity index (χ1) is 10.8. The summed E-state index contributed by atoms with van der Waals surface area (Å²) in [5.41, 5.74) is 5.74. The van der Waals surface area contributed by atoms with Crippen LogP contribution in [-0.4, -0.2) is 17.1 Å². The summed E-state index contributed by atoms with van der Waals surface area (Å²) in [6, 6.07) is 17.9. The molecule has 3 aromatic rings. The van der Waals surface area contributed by atoms with Crippen molar-refractivity contribution >= 4 is 23.0 Å². The Hall–Kier alpha value is -2.88. The van der Waals surface area contributed by atoms with Crippen LogP contribution >= 0.6 is 0 Å². The first-order valence-electron chi connectivity index (χ1n) is 7.25. The third-order valence-electron chi connectivity index (χ3n) is 3.50. The van der Waals surface area contributed by atoms with Gasteiger partial charge < -0.3 is 4.98 Å². The third kappa shape index (κ3) is 3.41. The zero-order chi connectivity index (χ0) is 15.2. The summed E-state index contributed by atoms with van der Waals surface area (Å²) in [5.74, 6) is -0.0834. The molecule has 2 aromatic carbocycles. The van der Waals surface area contributed by atoms with Gasteiger partial charge in [-0.15, -0.1) is 0 Å². The van der Waals surface area contributed by atoms with Crippen molar-refractivity contribution in [3.05, 3.63) is 71.9 Å². The number of fused-ring (bicyclic) bond motifs is 1. The molecule has 1 heterocycles. The molecule has 0 spiro atoms. The number of aromatic amines is 1. The zero-order valence-electron chi connectivity index (χ0n) is 12.1. The fourth-order valence-corrected chi connectivity index (χ4v) is 2.33. The van der Waals surface area contributed by atoms with Crippen molar-refractivity contribution in [1.29, 1.82) is 0 Å². The maximum absolute atomic E-state index is 11.8. The molecule has 2 N–H and O–H groups in total. The lowest BCUT2D eigenvalue weighted by Gasteiger charge is -2.00. The van der Waals surface area contributed by atoms with Crippen LogP contribution in [0.5, 0.6) is 0 Å². The van der Waals surface area contributed by atoms with Crippen LogP contribution < -0.4 is 5.43 Å². The Kier molecular flexibility index (Phi) is 4.30. The highest BCUT2D eigenvalue weighted by Gasteiger charge is 2.02. The summed E-state index contributed by atoms with van der Waals surface area (Å²) in [4.78, 5) is 14.9. The second-order valence-corrected chi connectivity index (χ2v) is 5.07. The van der Waals surface area contributed by atoms with E-state index in [2.05, 4.69) is 15.5 Å². The van der Waals surface area contributed by atoms with Gasteiger partial charge in [-0.3, -0.25) is 4.79 Å². The minimum atomic E-state index is -0.0834. The maximum Gasteiger partial charge on any atom is 0.240 e. The lowest BCUT2D eigenvalue weighted by atomic mass is 10.1. The van der Waals surface area contributed by atoms with Crippen molar-refractivity contribution in [3.8, 4) is 0 Å². The van der Waals surface area contributed by atoms with Crippen LogP contribution in [0, 0.1) is 0 Å². The standard InChI is InChI=1S/C18H17N3O/c22-18(11-10-14-6-2-1-3-7-14)21-20-13-15-12-19-17-9-5-4-8-16(15)17/h1-9,12-13,19H,10-11H2,(H,21,22). The average molecular weight is 291 g/mol. The van der Waals surface area contributed by atoms with E-state index in [0.29, 0.717) is 6.42 Å². The second-order valence-electron chi connectivity index (χ2n) is 5.07. The quantitative estimate of drug-likeness (QED) is 0.550. The van der Waals surface area contributed by atoms with E-state index in [1.807, 2.05) is 60.8 Å². The topological polar surface area (TPSA) is 57.2 Å². The molecule has 1 aromatic heterocycles. The van der Waals surface area contributed by atoms with Crippen molar-refractivity contribution in [2.75, 3.05) is 0 Å². The number of rotatable bonds is 5. The summed E-state index contributed by atoms with van der Waals surface area (Å²) in [5, 5.41) is 5.12. The Morgan fingerprint density at radius 2 is 1.86 bits per heavy atom. The number of aryl methyl sites for hydroxylation is 1. The lowest BCUT2D eigenvalue weighted by Crippen LogP contribution is -2.17. The summed E-state index contributed by atoms with van der Waals surface area (Å²) in [7, 11) is 0. The molecule has 3 rings (SSSR count). The maximum atomic E-state index is 11.8. The normalized spacial score (nSPS) is 11.1. The van der Waals surface area contributed by atoms with Crippen LogP contribution in [0.1, 0.15) is 17.5 Å². The number of aromatic nitrogens is 1. The summed E-state index contributed by atoms with van der Waals surface area (Å²) in [6.07, 6.45) is 4.69. The number of nitrogens with zero attached hydrogens (tertiary/aromatic N) is 1. The fraction of sp³-hybridized carbons (Fsp3) is 0.111. The van der Waals surface area contributed by atoms with Gasteiger partial charge in [0.15, 0.2) is 0 Å². The van der Waals surface area contributed by atoms with Gasteiger partial charge in [0.25, 0.3) is 0 Å². The fourth-order valence-electron chi connectivity index (χ4n) is 2.33. The molecule has 0 atom stereocenters. The lowest BCUT2D eigenvalue weighted by molar-refractivity contribution is -0.121. The van der Waals surface area contributed by atoms with Crippen LogP contribution in [0.15, 0.2) is 65.9 Å². The van der Waals surface area contributed by atoms with Gasteiger partial charge in [-0.25, -0.2) is 5.43 Å². The highest BCUT2D eigenvalue weighted by atomic mass is 16.2. The molecule has 22 heavy (non-hydrogen) atoms. The Bertz CT molecular complexity index is 790. The monoisotopic (exact) mass is 291 g/mol. The molecule has 0 radical (unpaired) electrons. The minimum absolute atomic E-state index is 0.0834. The number of H-pyrrole nitrogens is 1. The van der Waals surface area contributed by atoms with E-state index in [1.165, 1.54) is 0 Å². The summed E-state index contributed by atoms with van der Waals surface area (Å²) < 4.78 is 0. The molecule has 0 saturated heterocycles. The zero-order valence-corrected chi connectivity index (χ0v) is 12.1. The Morgan fingerprint density at radius 1 is 1.09 bits per heavy atom. The van der Waals surface area contributed by atoms with E-state index in [4.69, 9.17) is 0 Å². The molecular formula is C18H17N3O. The molecular weight excluding hydrogens is 274 g/mol. The molecule has 110 valence electrons. The number of para-hydroxylation sites is 1. The van der Waals surface area contributed by atoms with Crippen molar-refractivity contribution < 1.29 is 4.79 Å². The highest BCUT2D eigenvalue weighted by Crippen LogP contribution is 2.15. The first kappa shape index (κ1) is 14.1. The van der Waals surface area contributed by atoms with E-state index in [-0.39, 0.29) is 5.91 Å². The van der Waals surface area contributed by atoms with Gasteiger partial charge in [0.2, 0.25) is 5.91 Å². The Morgan fingerprint density at radius 3 is 2.73 bits per heavy atom. The van der Waals surface area contributed by atoms with Crippen molar-refractivity contribution in [2.24, 2.45) is 5.10 Å². The van der Waals surface area contributed by atoms with Crippen LogP contribution in [0.3, 0.4) is 0 Å².